The Morgan fingerprint density at radius 1 is 1.27 bits per heavy atom. The van der Waals surface area contributed by atoms with Crippen LogP contribution in [0.4, 0.5) is 5.00 Å². The molecule has 1 atom stereocenters. The second kappa shape index (κ2) is 9.92. The molecule has 6 nitrogen and oxygen atoms in total. The van der Waals surface area contributed by atoms with E-state index in [0.717, 1.165) is 24.8 Å². The van der Waals surface area contributed by atoms with E-state index in [-0.39, 0.29) is 11.0 Å². The molecule has 0 saturated carbocycles. The summed E-state index contributed by atoms with van der Waals surface area (Å²) in [5, 5.41) is 16.2. The van der Waals surface area contributed by atoms with E-state index in [9.17, 15) is 10.1 Å². The topological polar surface area (TPSA) is 83.4 Å². The lowest BCUT2D eigenvalue weighted by Crippen LogP contribution is -2.34. The van der Waals surface area contributed by atoms with Gasteiger partial charge in [-0.05, 0) is 68.9 Å². The third-order valence-electron chi connectivity index (χ3n) is 4.84. The summed E-state index contributed by atoms with van der Waals surface area (Å²) in [4.78, 5) is 14.0. The van der Waals surface area contributed by atoms with E-state index in [1.807, 2.05) is 13.8 Å². The maximum Gasteiger partial charge on any atom is 0.257 e. The number of thiophene rings is 1. The summed E-state index contributed by atoms with van der Waals surface area (Å²) in [5.74, 6) is 1.35. The number of anilines is 1. The zero-order valence-electron chi connectivity index (χ0n) is 17.3. The lowest BCUT2D eigenvalue weighted by molar-refractivity contribution is 0.0976. The minimum Gasteiger partial charge on any atom is -0.494 e. The number of nitrogens with one attached hydrogen (secondary N) is 2. The smallest absolute Gasteiger partial charge is 0.257 e. The SMILES string of the molecule is CCOc1cc(OCC)cc(C(=O)NC(=S)Nc2sc3c(c2C#N)CC[C@H](C)C3)c1. The normalized spacial score (nSPS) is 14.9. The molecule has 0 bridgehead atoms. The number of carbonyl (C=O) groups excluding carboxylic acids is 1. The van der Waals surface area contributed by atoms with Crippen molar-refractivity contribution < 1.29 is 14.3 Å². The fourth-order valence-corrected chi connectivity index (χ4v) is 5.09. The Kier molecular flexibility index (Phi) is 7.29. The van der Waals surface area contributed by atoms with Crippen LogP contribution in [0.1, 0.15) is 53.6 Å². The van der Waals surface area contributed by atoms with E-state index < -0.39 is 0 Å². The Morgan fingerprint density at radius 3 is 2.53 bits per heavy atom. The molecule has 0 fully saturated rings. The van der Waals surface area contributed by atoms with Gasteiger partial charge in [-0.15, -0.1) is 11.3 Å². The lowest BCUT2D eigenvalue weighted by atomic mass is 9.89. The molecule has 1 aliphatic rings. The Hall–Kier alpha value is -2.63. The van der Waals surface area contributed by atoms with E-state index in [1.54, 1.807) is 29.5 Å². The van der Waals surface area contributed by atoms with Crippen molar-refractivity contribution in [3.8, 4) is 17.6 Å². The van der Waals surface area contributed by atoms with Gasteiger partial charge in [-0.3, -0.25) is 10.1 Å². The highest BCUT2D eigenvalue weighted by Gasteiger charge is 2.24. The molecule has 1 amide bonds. The molecule has 3 rings (SSSR count). The summed E-state index contributed by atoms with van der Waals surface area (Å²) >= 11 is 6.89. The first-order valence-corrected chi connectivity index (χ1v) is 11.2. The number of benzene rings is 1. The van der Waals surface area contributed by atoms with Gasteiger partial charge in [0, 0.05) is 16.5 Å². The molecule has 30 heavy (non-hydrogen) atoms. The van der Waals surface area contributed by atoms with Crippen LogP contribution in [-0.2, 0) is 12.8 Å². The zero-order chi connectivity index (χ0) is 21.7. The number of nitriles is 1. The standard InChI is InChI=1S/C22H25N3O3S2/c1-4-27-15-9-14(10-16(11-15)28-5-2)20(26)24-22(29)25-21-18(12-23)17-7-6-13(3)8-19(17)30-21/h9-11,13H,4-8H2,1-3H3,(H2,24,25,26,29)/t13-/m0/s1. The number of ether oxygens (including phenoxy) is 2. The van der Waals surface area contributed by atoms with Gasteiger partial charge in [0.1, 0.15) is 22.6 Å². The number of amides is 1. The van der Waals surface area contributed by atoms with Crippen LogP contribution in [0.15, 0.2) is 18.2 Å². The second-order valence-electron chi connectivity index (χ2n) is 7.14. The molecule has 0 unspecified atom stereocenters. The predicted octanol–water partition coefficient (Wildman–Crippen LogP) is 4.67. The van der Waals surface area contributed by atoms with Crippen LogP contribution in [0.5, 0.6) is 11.5 Å². The van der Waals surface area contributed by atoms with Gasteiger partial charge in [0.2, 0.25) is 0 Å². The molecular formula is C22H25N3O3S2. The third-order valence-corrected chi connectivity index (χ3v) is 6.22. The van der Waals surface area contributed by atoms with Crippen molar-refractivity contribution in [3.05, 3.63) is 39.8 Å². The van der Waals surface area contributed by atoms with Gasteiger partial charge >= 0.3 is 0 Å². The van der Waals surface area contributed by atoms with Crippen molar-refractivity contribution >= 4 is 39.6 Å². The summed E-state index contributed by atoms with van der Waals surface area (Å²) in [7, 11) is 0. The van der Waals surface area contributed by atoms with Crippen molar-refractivity contribution in [2.45, 2.75) is 40.0 Å². The van der Waals surface area contributed by atoms with Crippen LogP contribution in [0.3, 0.4) is 0 Å². The van der Waals surface area contributed by atoms with Crippen LogP contribution in [0.2, 0.25) is 0 Å². The highest BCUT2D eigenvalue weighted by molar-refractivity contribution is 7.80. The second-order valence-corrected chi connectivity index (χ2v) is 8.65. The van der Waals surface area contributed by atoms with Crippen molar-refractivity contribution in [1.82, 2.24) is 5.32 Å². The number of fused-ring (bicyclic) bond motifs is 1. The monoisotopic (exact) mass is 443 g/mol. The molecule has 0 aliphatic heterocycles. The molecule has 8 heteroatoms. The van der Waals surface area contributed by atoms with Gasteiger partial charge in [-0.25, -0.2) is 0 Å². The van der Waals surface area contributed by atoms with Crippen molar-refractivity contribution in [2.75, 3.05) is 18.5 Å². The molecule has 0 spiro atoms. The number of nitrogens with zero attached hydrogens (tertiary/aromatic N) is 1. The summed E-state index contributed by atoms with van der Waals surface area (Å²) in [6.07, 6.45) is 2.96. The van der Waals surface area contributed by atoms with Crippen molar-refractivity contribution in [3.63, 3.8) is 0 Å². The largest absolute Gasteiger partial charge is 0.494 e. The predicted molar refractivity (Wildman–Crippen MR) is 123 cm³/mol. The summed E-state index contributed by atoms with van der Waals surface area (Å²) < 4.78 is 11.1. The minimum atomic E-state index is -0.372. The number of thiocarbonyl (C=S) groups is 1. The summed E-state index contributed by atoms with van der Waals surface area (Å²) in [5.41, 5.74) is 2.13. The van der Waals surface area contributed by atoms with Gasteiger partial charge in [0.25, 0.3) is 5.91 Å². The Bertz CT molecular complexity index is 970. The fourth-order valence-electron chi connectivity index (χ4n) is 3.47. The third kappa shape index (κ3) is 5.10. The quantitative estimate of drug-likeness (QED) is 0.632. The molecule has 1 aliphatic carbocycles. The zero-order valence-corrected chi connectivity index (χ0v) is 19.0. The molecule has 2 aromatic rings. The van der Waals surface area contributed by atoms with E-state index in [2.05, 4.69) is 23.6 Å². The van der Waals surface area contributed by atoms with Crippen molar-refractivity contribution in [1.29, 1.82) is 5.26 Å². The van der Waals surface area contributed by atoms with E-state index in [4.69, 9.17) is 21.7 Å². The van der Waals surface area contributed by atoms with Gasteiger partial charge in [-0.2, -0.15) is 5.26 Å². The van der Waals surface area contributed by atoms with Crippen LogP contribution < -0.4 is 20.1 Å². The maximum atomic E-state index is 12.7. The number of hydrogen-bond acceptors (Lipinski definition) is 6. The van der Waals surface area contributed by atoms with Gasteiger partial charge < -0.3 is 14.8 Å². The molecule has 158 valence electrons. The van der Waals surface area contributed by atoms with Gasteiger partial charge in [-0.1, -0.05) is 6.92 Å². The molecule has 0 radical (unpaired) electrons. The molecule has 1 heterocycles. The number of carbonyl (C=O) groups is 1. The van der Waals surface area contributed by atoms with Crippen LogP contribution in [-0.4, -0.2) is 24.2 Å². The molecule has 1 aromatic heterocycles. The molecular weight excluding hydrogens is 418 g/mol. The molecule has 0 saturated heterocycles. The van der Waals surface area contributed by atoms with E-state index in [1.165, 1.54) is 4.88 Å². The summed E-state index contributed by atoms with van der Waals surface area (Å²) in [6.45, 7) is 6.94. The number of hydrogen-bond donors (Lipinski definition) is 2. The first kappa shape index (κ1) is 22.1. The summed E-state index contributed by atoms with van der Waals surface area (Å²) in [6, 6.07) is 7.34. The number of rotatable bonds is 6. The highest BCUT2D eigenvalue weighted by atomic mass is 32.1. The van der Waals surface area contributed by atoms with Gasteiger partial charge in [0.15, 0.2) is 5.11 Å². The highest BCUT2D eigenvalue weighted by Crippen LogP contribution is 2.39. The van der Waals surface area contributed by atoms with Crippen LogP contribution in [0, 0.1) is 17.2 Å². The average Bonchev–Trinajstić information content (AvgIpc) is 3.03. The van der Waals surface area contributed by atoms with Crippen molar-refractivity contribution in [2.24, 2.45) is 5.92 Å². The average molecular weight is 444 g/mol. The Morgan fingerprint density at radius 2 is 1.93 bits per heavy atom. The maximum absolute atomic E-state index is 12.7. The first-order chi connectivity index (χ1) is 14.4. The Labute approximate surface area is 186 Å². The lowest BCUT2D eigenvalue weighted by Gasteiger charge is -2.17. The fraction of sp³-hybridized carbons (Fsp3) is 0.409. The Balaban J connectivity index is 1.74. The minimum absolute atomic E-state index is 0.155. The molecule has 1 aromatic carbocycles. The molecule has 2 N–H and O–H groups in total. The van der Waals surface area contributed by atoms with Crippen LogP contribution >= 0.6 is 23.6 Å². The van der Waals surface area contributed by atoms with Crippen LogP contribution in [0.25, 0.3) is 0 Å². The van der Waals surface area contributed by atoms with E-state index in [0.29, 0.717) is 46.8 Å². The first-order valence-electron chi connectivity index (χ1n) is 10.0. The van der Waals surface area contributed by atoms with E-state index >= 15 is 0 Å². The van der Waals surface area contributed by atoms with Gasteiger partial charge in [0.05, 0.1) is 18.8 Å².